The Hall–Kier alpha value is -1.99. The first-order valence-corrected chi connectivity index (χ1v) is 4.53. The van der Waals surface area contributed by atoms with Gasteiger partial charge in [0.1, 0.15) is 17.5 Å². The minimum absolute atomic E-state index is 0.0669. The maximum absolute atomic E-state index is 11.8. The number of nitrogens with one attached hydrogen (secondary N) is 1. The van der Waals surface area contributed by atoms with E-state index in [-0.39, 0.29) is 11.4 Å². The standard InChI is InChI=1S/C10H6ClN3O/c11-6-2-1-3-7-8(6)9(15)5(4-12)10(13)14-7/h1-3H,(H3,13,14,15). The molecule has 0 bridgehead atoms. The van der Waals surface area contributed by atoms with Crippen molar-refractivity contribution >= 4 is 28.3 Å². The summed E-state index contributed by atoms with van der Waals surface area (Å²) >= 11 is 5.87. The Kier molecular flexibility index (Phi) is 2.10. The average Bonchev–Trinajstić information content (AvgIpc) is 2.17. The van der Waals surface area contributed by atoms with Crippen LogP contribution in [-0.4, -0.2) is 4.98 Å². The molecular formula is C10H6ClN3O. The van der Waals surface area contributed by atoms with E-state index < -0.39 is 5.43 Å². The molecule has 0 atom stereocenters. The molecule has 74 valence electrons. The highest BCUT2D eigenvalue weighted by Gasteiger charge is 2.11. The van der Waals surface area contributed by atoms with Gasteiger partial charge in [0.2, 0.25) is 5.43 Å². The normalized spacial score (nSPS) is 10.1. The molecule has 0 amide bonds. The van der Waals surface area contributed by atoms with Crippen LogP contribution in [0.2, 0.25) is 5.02 Å². The summed E-state index contributed by atoms with van der Waals surface area (Å²) in [6, 6.07) is 6.73. The van der Waals surface area contributed by atoms with Crippen molar-refractivity contribution in [3.63, 3.8) is 0 Å². The molecule has 0 unspecified atom stereocenters. The zero-order chi connectivity index (χ0) is 11.0. The van der Waals surface area contributed by atoms with Gasteiger partial charge in [0, 0.05) is 0 Å². The van der Waals surface area contributed by atoms with Gasteiger partial charge in [-0.1, -0.05) is 17.7 Å². The smallest absolute Gasteiger partial charge is 0.210 e. The Morgan fingerprint density at radius 3 is 2.87 bits per heavy atom. The Bertz CT molecular complexity index is 639. The number of anilines is 1. The molecule has 15 heavy (non-hydrogen) atoms. The van der Waals surface area contributed by atoms with Crippen LogP contribution in [-0.2, 0) is 0 Å². The number of nitriles is 1. The maximum Gasteiger partial charge on any atom is 0.210 e. The van der Waals surface area contributed by atoms with Gasteiger partial charge in [0.25, 0.3) is 0 Å². The summed E-state index contributed by atoms with van der Waals surface area (Å²) in [5.41, 5.74) is 5.52. The quantitative estimate of drug-likeness (QED) is 0.707. The summed E-state index contributed by atoms with van der Waals surface area (Å²) in [4.78, 5) is 14.6. The van der Waals surface area contributed by atoms with Crippen LogP contribution in [0.4, 0.5) is 5.82 Å². The molecule has 0 aliphatic rings. The molecule has 4 nitrogen and oxygen atoms in total. The number of nitrogens with zero attached hydrogens (tertiary/aromatic N) is 1. The Morgan fingerprint density at radius 2 is 2.20 bits per heavy atom. The van der Waals surface area contributed by atoms with Crippen molar-refractivity contribution in [1.82, 2.24) is 4.98 Å². The fourth-order valence-electron chi connectivity index (χ4n) is 1.42. The van der Waals surface area contributed by atoms with Crippen molar-refractivity contribution in [2.75, 3.05) is 5.73 Å². The molecule has 0 aliphatic heterocycles. The fraction of sp³-hybridized carbons (Fsp3) is 0. The summed E-state index contributed by atoms with van der Waals surface area (Å²) in [5.74, 6) is 0.0669. The molecule has 0 aliphatic carbocycles. The topological polar surface area (TPSA) is 82.7 Å². The zero-order valence-corrected chi connectivity index (χ0v) is 8.30. The monoisotopic (exact) mass is 219 g/mol. The largest absolute Gasteiger partial charge is 0.384 e. The van der Waals surface area contributed by atoms with Crippen LogP contribution in [0, 0.1) is 11.3 Å². The molecule has 2 aromatic rings. The maximum atomic E-state index is 11.8. The van der Waals surface area contributed by atoms with E-state index in [0.717, 1.165) is 0 Å². The number of pyridine rings is 1. The van der Waals surface area contributed by atoms with E-state index in [1.165, 1.54) is 0 Å². The molecule has 2 rings (SSSR count). The third-order valence-electron chi connectivity index (χ3n) is 2.12. The van der Waals surface area contributed by atoms with Crippen molar-refractivity contribution in [2.24, 2.45) is 0 Å². The van der Waals surface area contributed by atoms with Crippen molar-refractivity contribution in [3.8, 4) is 6.07 Å². The summed E-state index contributed by atoms with van der Waals surface area (Å²) in [5, 5.41) is 9.36. The molecule has 5 heteroatoms. The third kappa shape index (κ3) is 1.34. The predicted octanol–water partition coefficient (Wildman–Crippen LogP) is 1.64. The van der Waals surface area contributed by atoms with Gasteiger partial charge in [0.05, 0.1) is 15.9 Å². The minimum Gasteiger partial charge on any atom is -0.384 e. The van der Waals surface area contributed by atoms with E-state index in [4.69, 9.17) is 22.6 Å². The molecule has 0 radical (unpaired) electrons. The Labute approximate surface area is 89.9 Å². The van der Waals surface area contributed by atoms with Gasteiger partial charge in [-0.15, -0.1) is 0 Å². The lowest BCUT2D eigenvalue weighted by Crippen LogP contribution is -2.12. The van der Waals surface area contributed by atoms with Crippen molar-refractivity contribution < 1.29 is 0 Å². The number of fused-ring (bicyclic) bond motifs is 1. The van der Waals surface area contributed by atoms with Gasteiger partial charge in [0.15, 0.2) is 0 Å². The van der Waals surface area contributed by atoms with Gasteiger partial charge < -0.3 is 10.7 Å². The summed E-state index contributed by atoms with van der Waals surface area (Å²) < 4.78 is 0. The second-order valence-corrected chi connectivity index (χ2v) is 3.42. The first-order chi connectivity index (χ1) is 7.15. The van der Waals surface area contributed by atoms with Crippen LogP contribution in [0.5, 0.6) is 0 Å². The van der Waals surface area contributed by atoms with Gasteiger partial charge >= 0.3 is 0 Å². The number of rotatable bonds is 0. The number of hydrogen-bond donors (Lipinski definition) is 2. The molecule has 0 fully saturated rings. The van der Waals surface area contributed by atoms with Crippen molar-refractivity contribution in [1.29, 1.82) is 5.26 Å². The van der Waals surface area contributed by atoms with Crippen LogP contribution < -0.4 is 11.2 Å². The van der Waals surface area contributed by atoms with E-state index in [1.54, 1.807) is 24.3 Å². The second kappa shape index (κ2) is 3.30. The van der Waals surface area contributed by atoms with Crippen LogP contribution in [0.25, 0.3) is 10.9 Å². The number of nitrogen functional groups attached to an aromatic ring is 1. The number of nitrogens with two attached hydrogens (primary N) is 1. The summed E-state index contributed by atoms with van der Waals surface area (Å²) in [6.45, 7) is 0. The van der Waals surface area contributed by atoms with Crippen molar-refractivity contribution in [2.45, 2.75) is 0 Å². The molecule has 0 saturated heterocycles. The molecule has 0 saturated carbocycles. The fourth-order valence-corrected chi connectivity index (χ4v) is 1.69. The highest BCUT2D eigenvalue weighted by atomic mass is 35.5. The zero-order valence-electron chi connectivity index (χ0n) is 7.54. The number of H-pyrrole nitrogens is 1. The Morgan fingerprint density at radius 1 is 1.47 bits per heavy atom. The predicted molar refractivity (Wildman–Crippen MR) is 58.7 cm³/mol. The number of aromatic amines is 1. The van der Waals surface area contributed by atoms with Crippen LogP contribution in [0.1, 0.15) is 5.56 Å². The lowest BCUT2D eigenvalue weighted by molar-refractivity contribution is 1.35. The first-order valence-electron chi connectivity index (χ1n) is 4.15. The molecule has 1 heterocycles. The van der Waals surface area contributed by atoms with Gasteiger partial charge in [-0.3, -0.25) is 4.79 Å². The minimum atomic E-state index is -0.436. The second-order valence-electron chi connectivity index (χ2n) is 3.02. The van der Waals surface area contributed by atoms with E-state index >= 15 is 0 Å². The van der Waals surface area contributed by atoms with E-state index in [9.17, 15) is 4.79 Å². The van der Waals surface area contributed by atoms with E-state index in [0.29, 0.717) is 15.9 Å². The number of benzene rings is 1. The Balaban J connectivity index is 3.08. The third-order valence-corrected chi connectivity index (χ3v) is 2.43. The summed E-state index contributed by atoms with van der Waals surface area (Å²) in [6.07, 6.45) is 0. The highest BCUT2D eigenvalue weighted by Crippen LogP contribution is 2.20. The SMILES string of the molecule is N#Cc1c(N)[nH]c2cccc(Cl)c2c1=O. The van der Waals surface area contributed by atoms with Crippen LogP contribution in [0.3, 0.4) is 0 Å². The molecule has 3 N–H and O–H groups in total. The number of aromatic nitrogens is 1. The molecule has 1 aromatic heterocycles. The molecular weight excluding hydrogens is 214 g/mol. The number of halogens is 1. The van der Waals surface area contributed by atoms with E-state index in [2.05, 4.69) is 4.98 Å². The lowest BCUT2D eigenvalue weighted by Gasteiger charge is -2.03. The molecule has 0 spiro atoms. The first kappa shape index (κ1) is 9.56. The highest BCUT2D eigenvalue weighted by molar-refractivity contribution is 6.35. The average molecular weight is 220 g/mol. The van der Waals surface area contributed by atoms with Gasteiger partial charge in [-0.25, -0.2) is 0 Å². The van der Waals surface area contributed by atoms with Gasteiger partial charge in [-0.05, 0) is 12.1 Å². The van der Waals surface area contributed by atoms with Crippen molar-refractivity contribution in [3.05, 3.63) is 39.0 Å². The van der Waals surface area contributed by atoms with Crippen LogP contribution >= 0.6 is 11.6 Å². The van der Waals surface area contributed by atoms with Gasteiger partial charge in [-0.2, -0.15) is 5.26 Å². The van der Waals surface area contributed by atoms with Crippen LogP contribution in [0.15, 0.2) is 23.0 Å². The lowest BCUT2D eigenvalue weighted by atomic mass is 10.1. The van der Waals surface area contributed by atoms with E-state index in [1.807, 2.05) is 0 Å². The summed E-state index contributed by atoms with van der Waals surface area (Å²) in [7, 11) is 0. The molecule has 1 aromatic carbocycles. The number of hydrogen-bond acceptors (Lipinski definition) is 3.